The SMILES string of the molecule is O[C@@H]1c2c(Cl)cnn2CCC1[C@@H]1c2ccccc2-c2cncn21. The number of nitrogens with zero attached hydrogens (tertiary/aromatic N) is 4. The Labute approximate surface area is 138 Å². The second-order valence-corrected chi connectivity index (χ2v) is 6.62. The van der Waals surface area contributed by atoms with Gasteiger partial charge in [-0.25, -0.2) is 4.98 Å². The predicted octanol–water partition coefficient (Wildman–Crippen LogP) is 3.06. The molecule has 0 bridgehead atoms. The number of halogens is 1. The molecule has 5 nitrogen and oxygen atoms in total. The van der Waals surface area contributed by atoms with Crippen molar-refractivity contribution in [1.29, 1.82) is 0 Å². The summed E-state index contributed by atoms with van der Waals surface area (Å²) in [6, 6.07) is 8.45. The van der Waals surface area contributed by atoms with E-state index >= 15 is 0 Å². The Morgan fingerprint density at radius 2 is 2.09 bits per heavy atom. The van der Waals surface area contributed by atoms with Crippen molar-refractivity contribution in [2.75, 3.05) is 0 Å². The van der Waals surface area contributed by atoms with E-state index in [1.807, 2.05) is 23.3 Å². The molecule has 2 aromatic heterocycles. The average Bonchev–Trinajstić information content (AvgIpc) is 3.23. The van der Waals surface area contributed by atoms with E-state index in [4.69, 9.17) is 11.6 Å². The molecular formula is C17H15ClN4O. The van der Waals surface area contributed by atoms with Crippen molar-refractivity contribution < 1.29 is 5.11 Å². The van der Waals surface area contributed by atoms with E-state index in [1.165, 1.54) is 11.1 Å². The first-order valence-electron chi connectivity index (χ1n) is 7.76. The number of hydrogen-bond acceptors (Lipinski definition) is 3. The first-order chi connectivity index (χ1) is 11.3. The van der Waals surface area contributed by atoms with Gasteiger partial charge in [0.1, 0.15) is 6.10 Å². The molecule has 2 aliphatic rings. The highest BCUT2D eigenvalue weighted by molar-refractivity contribution is 6.31. The maximum Gasteiger partial charge on any atom is 0.102 e. The molecule has 5 rings (SSSR count). The molecule has 1 unspecified atom stereocenters. The van der Waals surface area contributed by atoms with Gasteiger partial charge in [-0.05, 0) is 12.0 Å². The summed E-state index contributed by atoms with van der Waals surface area (Å²) < 4.78 is 4.00. The van der Waals surface area contributed by atoms with Gasteiger partial charge in [-0.2, -0.15) is 5.10 Å². The Kier molecular flexibility index (Phi) is 2.72. The maximum absolute atomic E-state index is 11.0. The number of aliphatic hydroxyl groups excluding tert-OH is 1. The lowest BCUT2D eigenvalue weighted by Crippen LogP contribution is -2.31. The van der Waals surface area contributed by atoms with Crippen LogP contribution in [0.1, 0.15) is 29.8 Å². The van der Waals surface area contributed by atoms with Crippen LogP contribution < -0.4 is 0 Å². The number of imidazole rings is 1. The average molecular weight is 327 g/mol. The monoisotopic (exact) mass is 326 g/mol. The van der Waals surface area contributed by atoms with E-state index in [0.29, 0.717) is 5.02 Å². The summed E-state index contributed by atoms with van der Waals surface area (Å²) in [5.74, 6) is 0.0494. The molecule has 0 spiro atoms. The molecule has 0 aliphatic carbocycles. The van der Waals surface area contributed by atoms with E-state index in [-0.39, 0.29) is 12.0 Å². The van der Waals surface area contributed by atoms with Gasteiger partial charge in [0, 0.05) is 18.0 Å². The first kappa shape index (κ1) is 13.3. The zero-order valence-corrected chi connectivity index (χ0v) is 13.1. The zero-order valence-electron chi connectivity index (χ0n) is 12.3. The van der Waals surface area contributed by atoms with Crippen molar-refractivity contribution in [3.8, 4) is 11.3 Å². The van der Waals surface area contributed by atoms with Crippen LogP contribution in [0.15, 0.2) is 43.0 Å². The molecule has 3 aromatic rings. The van der Waals surface area contributed by atoms with E-state index < -0.39 is 6.10 Å². The second-order valence-electron chi connectivity index (χ2n) is 6.22. The third-order valence-corrected chi connectivity index (χ3v) is 5.41. The fraction of sp³-hybridized carbons (Fsp3) is 0.294. The topological polar surface area (TPSA) is 55.9 Å². The summed E-state index contributed by atoms with van der Waals surface area (Å²) in [5, 5.41) is 15.8. The quantitative estimate of drug-likeness (QED) is 0.747. The third kappa shape index (κ3) is 1.72. The van der Waals surface area contributed by atoms with Gasteiger partial charge in [-0.15, -0.1) is 0 Å². The molecule has 3 atom stereocenters. The molecule has 0 saturated heterocycles. The molecular weight excluding hydrogens is 312 g/mol. The Hall–Kier alpha value is -2.11. The predicted molar refractivity (Wildman–Crippen MR) is 86.1 cm³/mol. The fourth-order valence-corrected chi connectivity index (χ4v) is 4.37. The van der Waals surface area contributed by atoms with Crippen molar-refractivity contribution in [3.63, 3.8) is 0 Å². The van der Waals surface area contributed by atoms with Crippen LogP contribution in [0.25, 0.3) is 11.3 Å². The summed E-state index contributed by atoms with van der Waals surface area (Å²) in [6.45, 7) is 0.770. The summed E-state index contributed by atoms with van der Waals surface area (Å²) >= 11 is 6.24. The fourth-order valence-electron chi connectivity index (χ4n) is 4.12. The summed E-state index contributed by atoms with van der Waals surface area (Å²) in [4.78, 5) is 4.30. The zero-order chi connectivity index (χ0) is 15.6. The van der Waals surface area contributed by atoms with E-state index in [9.17, 15) is 5.11 Å². The minimum absolute atomic E-state index is 0.0494. The van der Waals surface area contributed by atoms with Crippen LogP contribution in [0.4, 0.5) is 0 Å². The largest absolute Gasteiger partial charge is 0.386 e. The lowest BCUT2D eigenvalue weighted by atomic mass is 9.83. The molecule has 23 heavy (non-hydrogen) atoms. The van der Waals surface area contributed by atoms with Crippen LogP contribution in [0.3, 0.4) is 0 Å². The number of fused-ring (bicyclic) bond motifs is 4. The Morgan fingerprint density at radius 3 is 3.00 bits per heavy atom. The van der Waals surface area contributed by atoms with Gasteiger partial charge >= 0.3 is 0 Å². The Bertz CT molecular complexity index is 900. The minimum atomic E-state index is -0.634. The highest BCUT2D eigenvalue weighted by Gasteiger charge is 2.41. The Morgan fingerprint density at radius 1 is 1.22 bits per heavy atom. The number of rotatable bonds is 1. The molecule has 1 aromatic carbocycles. The van der Waals surface area contributed by atoms with Gasteiger partial charge in [-0.1, -0.05) is 35.9 Å². The standard InChI is InChI=1S/C17H15ClN4O/c18-13-7-20-22-6-5-12(17(23)16(13)22)15-11-4-2-1-3-10(11)14-8-19-9-21(14)15/h1-4,7-9,12,15,17,23H,5-6H2/t12?,15-,17-/m0/s1. The maximum atomic E-state index is 11.0. The molecule has 116 valence electrons. The van der Waals surface area contributed by atoms with E-state index in [1.54, 1.807) is 6.20 Å². The lowest BCUT2D eigenvalue weighted by molar-refractivity contribution is 0.0526. The number of hydrogen-bond donors (Lipinski definition) is 1. The highest BCUT2D eigenvalue weighted by Crippen LogP contribution is 2.49. The molecule has 1 N–H and O–H groups in total. The van der Waals surface area contributed by atoms with Crippen LogP contribution >= 0.6 is 11.6 Å². The van der Waals surface area contributed by atoms with Crippen LogP contribution in [0.2, 0.25) is 5.02 Å². The van der Waals surface area contributed by atoms with Crippen molar-refractivity contribution in [1.82, 2.24) is 19.3 Å². The third-order valence-electron chi connectivity index (χ3n) is 5.12. The smallest absolute Gasteiger partial charge is 0.102 e. The van der Waals surface area contributed by atoms with E-state index in [2.05, 4.69) is 32.8 Å². The number of aromatic nitrogens is 4. The van der Waals surface area contributed by atoms with Crippen molar-refractivity contribution >= 4 is 11.6 Å². The van der Waals surface area contributed by atoms with Crippen molar-refractivity contribution in [2.45, 2.75) is 25.1 Å². The lowest BCUT2D eigenvalue weighted by Gasteiger charge is -2.34. The van der Waals surface area contributed by atoms with Crippen LogP contribution in [0, 0.1) is 5.92 Å². The van der Waals surface area contributed by atoms with Gasteiger partial charge in [0.05, 0.1) is 41.2 Å². The summed E-state index contributed by atoms with van der Waals surface area (Å²) in [6.07, 6.45) is 5.59. The van der Waals surface area contributed by atoms with Crippen molar-refractivity contribution in [2.24, 2.45) is 5.92 Å². The number of aryl methyl sites for hydroxylation is 1. The summed E-state index contributed by atoms with van der Waals surface area (Å²) in [7, 11) is 0. The first-order valence-corrected chi connectivity index (χ1v) is 8.14. The van der Waals surface area contributed by atoms with Gasteiger partial charge in [0.25, 0.3) is 0 Å². The highest BCUT2D eigenvalue weighted by atomic mass is 35.5. The molecule has 0 amide bonds. The van der Waals surface area contributed by atoms with Gasteiger partial charge in [0.15, 0.2) is 0 Å². The molecule has 0 fully saturated rings. The van der Waals surface area contributed by atoms with Crippen LogP contribution in [-0.2, 0) is 6.54 Å². The number of benzene rings is 1. The molecule has 6 heteroatoms. The molecule has 4 heterocycles. The van der Waals surface area contributed by atoms with E-state index in [0.717, 1.165) is 24.4 Å². The molecule has 0 saturated carbocycles. The molecule has 2 aliphatic heterocycles. The van der Waals surface area contributed by atoms with Gasteiger partial charge in [0.2, 0.25) is 0 Å². The Balaban J connectivity index is 1.65. The van der Waals surface area contributed by atoms with Crippen LogP contribution in [0.5, 0.6) is 0 Å². The number of aliphatic hydroxyl groups is 1. The van der Waals surface area contributed by atoms with Gasteiger partial charge in [-0.3, -0.25) is 4.68 Å². The van der Waals surface area contributed by atoms with Crippen molar-refractivity contribution in [3.05, 3.63) is 59.3 Å². The normalized spacial score (nSPS) is 25.0. The van der Waals surface area contributed by atoms with Gasteiger partial charge < -0.3 is 9.67 Å². The molecule has 0 radical (unpaired) electrons. The second kappa shape index (κ2) is 4.69. The van der Waals surface area contributed by atoms with Crippen LogP contribution in [-0.4, -0.2) is 24.4 Å². The summed E-state index contributed by atoms with van der Waals surface area (Å²) in [5.41, 5.74) is 4.29. The minimum Gasteiger partial charge on any atom is -0.386 e.